The van der Waals surface area contributed by atoms with Crippen LogP contribution in [0.2, 0.25) is 0 Å². The highest BCUT2D eigenvalue weighted by Gasteiger charge is 2.41. The number of benzene rings is 1. The number of rotatable bonds is 14. The van der Waals surface area contributed by atoms with E-state index in [0.717, 1.165) is 18.4 Å². The molecule has 0 saturated heterocycles. The van der Waals surface area contributed by atoms with Crippen LogP contribution in [-0.2, 0) is 19.9 Å². The number of amides is 1. The minimum Gasteiger partial charge on any atom is -0.479 e. The first kappa shape index (κ1) is 34.5. The van der Waals surface area contributed by atoms with Crippen molar-refractivity contribution in [2.45, 2.75) is 105 Å². The van der Waals surface area contributed by atoms with Gasteiger partial charge in [0.1, 0.15) is 5.75 Å². The first-order valence-corrected chi connectivity index (χ1v) is 15.1. The second-order valence-corrected chi connectivity index (χ2v) is 12.0. The van der Waals surface area contributed by atoms with Gasteiger partial charge in [0, 0.05) is 12.5 Å². The standard InChI is InChI=1S/C36H49NO5/c1-8-10-19-33(39)42-30-18-12-17-29(25-30)36(22-9-2,34(40)41)37-32(38)24-27(4)15-11-14-26(3)20-21-31-28(5)16-13-23-35(31,6)7/h11-12,14-15,17-18,20-21,24-25H,8-10,13,16,19,22-23H2,1-7H3,(H,37,38)(H,40,41). The maximum atomic E-state index is 13.1. The van der Waals surface area contributed by atoms with E-state index < -0.39 is 17.4 Å². The zero-order valence-electron chi connectivity index (χ0n) is 26.5. The van der Waals surface area contributed by atoms with E-state index in [1.807, 2.05) is 39.0 Å². The second kappa shape index (κ2) is 16.1. The SMILES string of the molecule is CCCCC(=O)Oc1cccc(C(CCC)(NC(=O)C=C(C)C=CC=C(C)C=CC2=C(C)CCCC2(C)C)C(=O)O)c1. The third kappa shape index (κ3) is 10.0. The van der Waals surface area contributed by atoms with Crippen molar-refractivity contribution >= 4 is 17.8 Å². The molecular formula is C36H49NO5. The number of carbonyl (C=O) groups is 3. The van der Waals surface area contributed by atoms with Crippen LogP contribution in [0.5, 0.6) is 5.75 Å². The lowest BCUT2D eigenvalue weighted by Crippen LogP contribution is -2.51. The maximum absolute atomic E-state index is 13.1. The molecule has 1 atom stereocenters. The average Bonchev–Trinajstić information content (AvgIpc) is 2.91. The van der Waals surface area contributed by atoms with Gasteiger partial charge in [-0.25, -0.2) is 4.79 Å². The van der Waals surface area contributed by atoms with Crippen LogP contribution in [0.3, 0.4) is 0 Å². The molecule has 6 nitrogen and oxygen atoms in total. The lowest BCUT2D eigenvalue weighted by atomic mass is 9.72. The van der Waals surface area contributed by atoms with Gasteiger partial charge in [-0.2, -0.15) is 0 Å². The van der Waals surface area contributed by atoms with Crippen LogP contribution in [0.4, 0.5) is 0 Å². The molecule has 0 saturated carbocycles. The molecule has 2 N–H and O–H groups in total. The van der Waals surface area contributed by atoms with Gasteiger partial charge in [-0.3, -0.25) is 9.59 Å². The maximum Gasteiger partial charge on any atom is 0.334 e. The molecule has 0 spiro atoms. The lowest BCUT2D eigenvalue weighted by Gasteiger charge is -2.32. The number of carbonyl (C=O) groups excluding carboxylic acids is 2. The van der Waals surface area contributed by atoms with Crippen LogP contribution < -0.4 is 10.1 Å². The quantitative estimate of drug-likeness (QED) is 0.100. The number of unbranched alkanes of at least 4 members (excludes halogenated alkanes) is 1. The van der Waals surface area contributed by atoms with E-state index in [2.05, 4.69) is 38.2 Å². The molecule has 1 amide bonds. The Labute approximate surface area is 252 Å². The van der Waals surface area contributed by atoms with E-state index in [0.29, 0.717) is 24.0 Å². The fourth-order valence-corrected chi connectivity index (χ4v) is 5.40. The summed E-state index contributed by atoms with van der Waals surface area (Å²) >= 11 is 0. The van der Waals surface area contributed by atoms with Crippen molar-refractivity contribution < 1.29 is 24.2 Å². The Hall–Kier alpha value is -3.67. The Morgan fingerprint density at radius 1 is 1.10 bits per heavy atom. The van der Waals surface area contributed by atoms with Gasteiger partial charge >= 0.3 is 11.9 Å². The van der Waals surface area contributed by atoms with E-state index in [4.69, 9.17) is 4.74 Å². The minimum absolute atomic E-state index is 0.172. The van der Waals surface area contributed by atoms with Gasteiger partial charge in [0.2, 0.25) is 5.91 Å². The smallest absolute Gasteiger partial charge is 0.334 e. The van der Waals surface area contributed by atoms with Gasteiger partial charge in [-0.05, 0) is 87.1 Å². The number of hydrogen-bond donors (Lipinski definition) is 2. The molecule has 228 valence electrons. The number of carboxylic acids is 1. The number of esters is 1. The van der Waals surface area contributed by atoms with Crippen LogP contribution in [0.15, 0.2) is 83.0 Å². The molecule has 0 aliphatic heterocycles. The second-order valence-electron chi connectivity index (χ2n) is 12.0. The number of hydrogen-bond acceptors (Lipinski definition) is 4. The van der Waals surface area contributed by atoms with Crippen LogP contribution in [0, 0.1) is 5.41 Å². The third-order valence-electron chi connectivity index (χ3n) is 7.75. The summed E-state index contributed by atoms with van der Waals surface area (Å²) in [6.45, 7) is 14.5. The normalized spacial score (nSPS) is 17.4. The molecule has 0 aromatic heterocycles. The monoisotopic (exact) mass is 575 g/mol. The van der Waals surface area contributed by atoms with Gasteiger partial charge in [0.05, 0.1) is 0 Å². The number of carboxylic acid groups (broad SMARTS) is 1. The van der Waals surface area contributed by atoms with E-state index in [1.165, 1.54) is 36.1 Å². The van der Waals surface area contributed by atoms with E-state index in [9.17, 15) is 19.5 Å². The van der Waals surface area contributed by atoms with E-state index >= 15 is 0 Å². The molecule has 1 unspecified atom stereocenters. The molecule has 0 fully saturated rings. The summed E-state index contributed by atoms with van der Waals surface area (Å²) in [5, 5.41) is 13.0. The Balaban J connectivity index is 2.20. The highest BCUT2D eigenvalue weighted by atomic mass is 16.5. The fraction of sp³-hybridized carbons (Fsp3) is 0.472. The molecule has 0 bridgehead atoms. The van der Waals surface area contributed by atoms with E-state index in [1.54, 1.807) is 25.1 Å². The molecule has 1 aromatic rings. The Bertz CT molecular complexity index is 1280. The number of allylic oxidation sites excluding steroid dienone is 9. The molecule has 0 heterocycles. The van der Waals surface area contributed by atoms with Crippen molar-refractivity contribution in [2.24, 2.45) is 5.41 Å². The zero-order valence-corrected chi connectivity index (χ0v) is 26.5. The molecular weight excluding hydrogens is 526 g/mol. The summed E-state index contributed by atoms with van der Waals surface area (Å²) in [7, 11) is 0. The first-order valence-electron chi connectivity index (χ1n) is 15.1. The minimum atomic E-state index is -1.67. The summed E-state index contributed by atoms with van der Waals surface area (Å²) < 4.78 is 5.43. The van der Waals surface area contributed by atoms with Crippen LogP contribution in [-0.4, -0.2) is 23.0 Å². The average molecular weight is 576 g/mol. The van der Waals surface area contributed by atoms with Gasteiger partial charge in [0.25, 0.3) is 0 Å². The predicted molar refractivity (Wildman–Crippen MR) is 170 cm³/mol. The van der Waals surface area contributed by atoms with Crippen LogP contribution in [0.25, 0.3) is 0 Å². The van der Waals surface area contributed by atoms with Crippen molar-refractivity contribution in [3.05, 3.63) is 88.6 Å². The van der Waals surface area contributed by atoms with Crippen molar-refractivity contribution in [1.82, 2.24) is 5.32 Å². The summed E-state index contributed by atoms with van der Waals surface area (Å²) in [6.07, 6.45) is 17.6. The summed E-state index contributed by atoms with van der Waals surface area (Å²) in [5.74, 6) is -1.80. The fourth-order valence-electron chi connectivity index (χ4n) is 5.40. The molecule has 6 heteroatoms. The van der Waals surface area contributed by atoms with Gasteiger partial charge in [-0.1, -0.05) is 94.2 Å². The largest absolute Gasteiger partial charge is 0.479 e. The van der Waals surface area contributed by atoms with Crippen molar-refractivity contribution in [2.75, 3.05) is 0 Å². The predicted octanol–water partition coefficient (Wildman–Crippen LogP) is 8.51. The third-order valence-corrected chi connectivity index (χ3v) is 7.75. The van der Waals surface area contributed by atoms with Gasteiger partial charge in [0.15, 0.2) is 5.54 Å². The van der Waals surface area contributed by atoms with Gasteiger partial charge < -0.3 is 15.2 Å². The highest BCUT2D eigenvalue weighted by molar-refractivity contribution is 5.94. The number of ether oxygens (including phenoxy) is 1. The van der Waals surface area contributed by atoms with Crippen molar-refractivity contribution in [3.8, 4) is 5.75 Å². The number of aliphatic carboxylic acids is 1. The van der Waals surface area contributed by atoms with Crippen LogP contribution in [0.1, 0.15) is 105 Å². The summed E-state index contributed by atoms with van der Waals surface area (Å²) in [6, 6.07) is 6.41. The zero-order chi connectivity index (χ0) is 31.3. The first-order chi connectivity index (χ1) is 19.8. The Morgan fingerprint density at radius 2 is 1.83 bits per heavy atom. The molecule has 1 aromatic carbocycles. The summed E-state index contributed by atoms with van der Waals surface area (Å²) in [4.78, 5) is 37.8. The Kier molecular flexibility index (Phi) is 13.2. The Morgan fingerprint density at radius 3 is 2.48 bits per heavy atom. The number of nitrogens with one attached hydrogen (secondary N) is 1. The van der Waals surface area contributed by atoms with Gasteiger partial charge in [-0.15, -0.1) is 0 Å². The molecule has 42 heavy (non-hydrogen) atoms. The summed E-state index contributed by atoms with van der Waals surface area (Å²) in [5.41, 5.74) is 3.51. The molecule has 2 rings (SSSR count). The molecule has 0 radical (unpaired) electrons. The van der Waals surface area contributed by atoms with E-state index in [-0.39, 0.29) is 30.0 Å². The van der Waals surface area contributed by atoms with Crippen LogP contribution >= 0.6 is 0 Å². The molecule has 1 aliphatic rings. The highest BCUT2D eigenvalue weighted by Crippen LogP contribution is 2.40. The van der Waals surface area contributed by atoms with Crippen molar-refractivity contribution in [3.63, 3.8) is 0 Å². The molecule has 1 aliphatic carbocycles. The topological polar surface area (TPSA) is 92.7 Å². The lowest BCUT2D eigenvalue weighted by molar-refractivity contribution is -0.148. The van der Waals surface area contributed by atoms with Crippen molar-refractivity contribution in [1.29, 1.82) is 0 Å².